The summed E-state index contributed by atoms with van der Waals surface area (Å²) in [6, 6.07) is 7.10. The molecule has 5 heteroatoms. The summed E-state index contributed by atoms with van der Waals surface area (Å²) in [4.78, 5) is 11.4. The summed E-state index contributed by atoms with van der Waals surface area (Å²) in [7, 11) is 0. The van der Waals surface area contributed by atoms with E-state index in [9.17, 15) is 15.0 Å². The lowest BCUT2D eigenvalue weighted by molar-refractivity contribution is -0.137. The molecule has 1 heterocycles. The Bertz CT molecular complexity index is 713. The predicted octanol–water partition coefficient (Wildman–Crippen LogP) is 6.50. The van der Waals surface area contributed by atoms with Gasteiger partial charge in [0, 0.05) is 11.6 Å². The highest BCUT2D eigenvalue weighted by Crippen LogP contribution is 2.34. The molecule has 0 radical (unpaired) electrons. The Kier molecular flexibility index (Phi) is 8.99. The first-order valence-corrected chi connectivity index (χ1v) is 10.6. The minimum Gasteiger partial charge on any atom is -0.506 e. The summed E-state index contributed by atoms with van der Waals surface area (Å²) in [6.45, 7) is 2.22. The molecule has 0 amide bonds. The minimum absolute atomic E-state index is 0.0523. The maximum atomic E-state index is 11.4. The van der Waals surface area contributed by atoms with Gasteiger partial charge in [-0.15, -0.1) is 11.6 Å². The van der Waals surface area contributed by atoms with Crippen molar-refractivity contribution in [3.63, 3.8) is 0 Å². The highest BCUT2D eigenvalue weighted by atomic mass is 35.5. The largest absolute Gasteiger partial charge is 0.506 e. The van der Waals surface area contributed by atoms with Crippen LogP contribution in [0.5, 0.6) is 5.75 Å². The Hall–Kier alpha value is -1.68. The van der Waals surface area contributed by atoms with E-state index in [0.29, 0.717) is 0 Å². The maximum absolute atomic E-state index is 11.4. The number of aliphatic carboxylic acids is 1. The summed E-state index contributed by atoms with van der Waals surface area (Å²) in [6.07, 6.45) is 12.2. The third kappa shape index (κ3) is 6.46. The van der Waals surface area contributed by atoms with Gasteiger partial charge in [-0.25, -0.2) is 0 Å². The van der Waals surface area contributed by atoms with E-state index in [-0.39, 0.29) is 23.6 Å². The standard InChI is InChI=1S/C22H32ClNO3/c1-2-3-4-5-6-7-8-9-13-18(23)20(15-22(26)27)24-16-21(25)17-12-10-11-14-19(17)24/h10-12,14,16,18,20,25H,2-9,13,15H2,1H3,(H,26,27). The van der Waals surface area contributed by atoms with Crippen LogP contribution in [0.3, 0.4) is 0 Å². The number of halogens is 1. The fourth-order valence-electron chi connectivity index (χ4n) is 3.71. The molecule has 1 aromatic heterocycles. The number of unbranched alkanes of at least 4 members (excludes halogenated alkanes) is 7. The van der Waals surface area contributed by atoms with Crippen molar-refractivity contribution in [1.29, 1.82) is 0 Å². The summed E-state index contributed by atoms with van der Waals surface area (Å²) in [5.74, 6) is -0.712. The molecule has 0 aliphatic heterocycles. The monoisotopic (exact) mass is 393 g/mol. The van der Waals surface area contributed by atoms with Gasteiger partial charge in [0.1, 0.15) is 5.75 Å². The quantitative estimate of drug-likeness (QED) is 0.301. The second-order valence-electron chi connectivity index (χ2n) is 7.38. The summed E-state index contributed by atoms with van der Waals surface area (Å²) >= 11 is 6.65. The fourth-order valence-corrected chi connectivity index (χ4v) is 4.07. The molecule has 2 aromatic rings. The molecule has 2 rings (SSSR count). The molecule has 0 saturated heterocycles. The number of hydrogen-bond donors (Lipinski definition) is 2. The summed E-state index contributed by atoms with van der Waals surface area (Å²) in [5.41, 5.74) is 0.822. The van der Waals surface area contributed by atoms with Crippen molar-refractivity contribution >= 4 is 28.5 Å². The highest BCUT2D eigenvalue weighted by Gasteiger charge is 2.25. The van der Waals surface area contributed by atoms with Gasteiger partial charge >= 0.3 is 5.97 Å². The molecule has 27 heavy (non-hydrogen) atoms. The number of aromatic nitrogens is 1. The number of aromatic hydroxyl groups is 1. The molecule has 4 nitrogen and oxygen atoms in total. The number of para-hydroxylation sites is 1. The van der Waals surface area contributed by atoms with Gasteiger partial charge in [0.05, 0.1) is 23.4 Å². The molecule has 0 fully saturated rings. The smallest absolute Gasteiger partial charge is 0.305 e. The van der Waals surface area contributed by atoms with Crippen LogP contribution in [0.4, 0.5) is 0 Å². The zero-order valence-corrected chi connectivity index (χ0v) is 17.0. The number of hydrogen-bond acceptors (Lipinski definition) is 2. The van der Waals surface area contributed by atoms with Crippen LogP contribution in [0.1, 0.15) is 77.2 Å². The van der Waals surface area contributed by atoms with Gasteiger partial charge in [0.2, 0.25) is 0 Å². The topological polar surface area (TPSA) is 62.5 Å². The number of alkyl halides is 1. The van der Waals surface area contributed by atoms with Gasteiger partial charge in [0.25, 0.3) is 0 Å². The average Bonchev–Trinajstić information content (AvgIpc) is 2.98. The van der Waals surface area contributed by atoms with Gasteiger partial charge < -0.3 is 14.8 Å². The molecule has 0 spiro atoms. The molecular weight excluding hydrogens is 362 g/mol. The van der Waals surface area contributed by atoms with Gasteiger partial charge in [0.15, 0.2) is 0 Å². The van der Waals surface area contributed by atoms with E-state index in [2.05, 4.69) is 6.92 Å². The molecule has 0 saturated carbocycles. The SMILES string of the molecule is CCCCCCCCCCC(Cl)C(CC(=O)O)n1cc(O)c2ccccc21. The van der Waals surface area contributed by atoms with Crippen molar-refractivity contribution in [1.82, 2.24) is 4.57 Å². The highest BCUT2D eigenvalue weighted by molar-refractivity contribution is 6.21. The van der Waals surface area contributed by atoms with Crippen molar-refractivity contribution in [3.05, 3.63) is 30.5 Å². The summed E-state index contributed by atoms with van der Waals surface area (Å²) in [5, 5.41) is 20.0. The molecule has 0 bridgehead atoms. The third-order valence-corrected chi connectivity index (χ3v) is 5.72. The molecule has 2 unspecified atom stereocenters. The number of rotatable bonds is 13. The van der Waals surface area contributed by atoms with Crippen LogP contribution in [0.15, 0.2) is 30.5 Å². The molecule has 2 atom stereocenters. The van der Waals surface area contributed by atoms with E-state index in [4.69, 9.17) is 11.6 Å². The normalized spacial score (nSPS) is 13.7. The van der Waals surface area contributed by atoms with Crippen LogP contribution in [0.2, 0.25) is 0 Å². The van der Waals surface area contributed by atoms with Crippen molar-refractivity contribution in [2.45, 2.75) is 82.6 Å². The Balaban J connectivity index is 1.94. The van der Waals surface area contributed by atoms with Crippen molar-refractivity contribution < 1.29 is 15.0 Å². The first-order valence-electron chi connectivity index (χ1n) is 10.2. The van der Waals surface area contributed by atoms with Crippen LogP contribution < -0.4 is 0 Å². The van der Waals surface area contributed by atoms with E-state index < -0.39 is 5.97 Å². The third-order valence-electron chi connectivity index (χ3n) is 5.21. The van der Waals surface area contributed by atoms with Crippen LogP contribution in [0, 0.1) is 0 Å². The van der Waals surface area contributed by atoms with Crippen LogP contribution in [0.25, 0.3) is 10.9 Å². The Labute approximate surface area is 167 Å². The van der Waals surface area contributed by atoms with Gasteiger partial charge in [-0.05, 0) is 18.6 Å². The second kappa shape index (κ2) is 11.2. The predicted molar refractivity (Wildman–Crippen MR) is 112 cm³/mol. The molecule has 1 aromatic carbocycles. The Morgan fingerprint density at radius 2 is 1.70 bits per heavy atom. The van der Waals surface area contributed by atoms with Crippen LogP contribution in [-0.4, -0.2) is 26.1 Å². The zero-order valence-electron chi connectivity index (χ0n) is 16.2. The van der Waals surface area contributed by atoms with E-state index in [1.807, 2.05) is 28.8 Å². The molecule has 2 N–H and O–H groups in total. The van der Waals surface area contributed by atoms with Gasteiger partial charge in [-0.3, -0.25) is 4.79 Å². The van der Waals surface area contributed by atoms with Crippen molar-refractivity contribution in [2.75, 3.05) is 0 Å². The van der Waals surface area contributed by atoms with Gasteiger partial charge in [-0.1, -0.05) is 70.4 Å². The number of carbonyl (C=O) groups is 1. The number of nitrogens with zero attached hydrogens (tertiary/aromatic N) is 1. The van der Waals surface area contributed by atoms with E-state index >= 15 is 0 Å². The number of carboxylic acid groups (broad SMARTS) is 1. The molecule has 0 aliphatic rings. The Morgan fingerprint density at radius 1 is 1.07 bits per heavy atom. The lowest BCUT2D eigenvalue weighted by atomic mass is 10.0. The lowest BCUT2D eigenvalue weighted by Crippen LogP contribution is -2.22. The number of carboxylic acids is 1. The molecular formula is C22H32ClNO3. The molecule has 150 valence electrons. The van der Waals surface area contributed by atoms with Crippen molar-refractivity contribution in [3.8, 4) is 5.75 Å². The zero-order chi connectivity index (χ0) is 19.6. The van der Waals surface area contributed by atoms with Crippen LogP contribution >= 0.6 is 11.6 Å². The van der Waals surface area contributed by atoms with Crippen molar-refractivity contribution in [2.24, 2.45) is 0 Å². The van der Waals surface area contributed by atoms with E-state index in [1.54, 1.807) is 6.20 Å². The first-order chi connectivity index (χ1) is 13.0. The summed E-state index contributed by atoms with van der Waals surface area (Å²) < 4.78 is 1.83. The second-order valence-corrected chi connectivity index (χ2v) is 7.94. The number of fused-ring (bicyclic) bond motifs is 1. The lowest BCUT2D eigenvalue weighted by Gasteiger charge is -2.23. The van der Waals surface area contributed by atoms with E-state index in [0.717, 1.165) is 30.2 Å². The van der Waals surface area contributed by atoms with Gasteiger partial charge in [-0.2, -0.15) is 0 Å². The maximum Gasteiger partial charge on any atom is 0.305 e. The van der Waals surface area contributed by atoms with E-state index in [1.165, 1.54) is 38.5 Å². The Morgan fingerprint density at radius 3 is 2.37 bits per heavy atom. The average molecular weight is 394 g/mol. The minimum atomic E-state index is -0.876. The number of benzene rings is 1. The first kappa shape index (κ1) is 21.6. The fraction of sp³-hybridized carbons (Fsp3) is 0.591. The molecule has 0 aliphatic carbocycles. The van der Waals surface area contributed by atoms with Crippen LogP contribution in [-0.2, 0) is 4.79 Å².